The Kier molecular flexibility index (Phi) is 2.55. The summed E-state index contributed by atoms with van der Waals surface area (Å²) in [6.07, 6.45) is 2.74. The molecule has 0 aliphatic carbocycles. The zero-order valence-electron chi connectivity index (χ0n) is 8.02. The van der Waals surface area contributed by atoms with Crippen LogP contribution in [0.1, 0.15) is 17.4 Å². The predicted molar refractivity (Wildman–Crippen MR) is 50.8 cm³/mol. The van der Waals surface area contributed by atoms with E-state index in [9.17, 15) is 4.79 Å². The summed E-state index contributed by atoms with van der Waals surface area (Å²) in [5.41, 5.74) is 3.41. The van der Waals surface area contributed by atoms with Gasteiger partial charge in [-0.1, -0.05) is 0 Å². The number of rotatable bonds is 3. The van der Waals surface area contributed by atoms with Crippen LogP contribution in [0.15, 0.2) is 12.7 Å². The number of aromatic nitrogens is 4. The number of imidazole rings is 1. The number of nitrogens with zero attached hydrogens (tertiary/aromatic N) is 3. The van der Waals surface area contributed by atoms with Crippen LogP contribution in [0.4, 0.5) is 0 Å². The number of hydrogen-bond acceptors (Lipinski definition) is 5. The van der Waals surface area contributed by atoms with Crippen LogP contribution < -0.4 is 5.48 Å². The van der Waals surface area contributed by atoms with E-state index < -0.39 is 5.91 Å². The Morgan fingerprint density at radius 3 is 3.20 bits per heavy atom. The Hall–Kier alpha value is -2.02. The molecule has 0 aliphatic heterocycles. The summed E-state index contributed by atoms with van der Waals surface area (Å²) in [4.78, 5) is 30.8. The van der Waals surface area contributed by atoms with Crippen molar-refractivity contribution >= 4 is 17.1 Å². The van der Waals surface area contributed by atoms with Crippen molar-refractivity contribution in [1.82, 2.24) is 25.4 Å². The summed E-state index contributed by atoms with van der Waals surface area (Å²) in [5, 5.41) is 0. The minimum atomic E-state index is -0.423. The molecule has 2 aromatic rings. The van der Waals surface area contributed by atoms with Crippen LogP contribution in [0.25, 0.3) is 11.2 Å². The number of aromatic amines is 1. The van der Waals surface area contributed by atoms with Gasteiger partial charge in [-0.25, -0.2) is 20.4 Å². The first-order valence-electron chi connectivity index (χ1n) is 4.39. The largest absolute Gasteiger partial charge is 0.341 e. The molecule has 1 amide bonds. The molecular formula is C8H9N5O2. The van der Waals surface area contributed by atoms with Crippen LogP contribution in [0.3, 0.4) is 0 Å². The van der Waals surface area contributed by atoms with Gasteiger partial charge in [-0.2, -0.15) is 0 Å². The fourth-order valence-electron chi connectivity index (χ4n) is 1.12. The van der Waals surface area contributed by atoms with Gasteiger partial charge in [-0.15, -0.1) is 0 Å². The summed E-state index contributed by atoms with van der Waals surface area (Å²) < 4.78 is 0. The van der Waals surface area contributed by atoms with Gasteiger partial charge in [-0.05, 0) is 6.92 Å². The van der Waals surface area contributed by atoms with Crippen LogP contribution in [-0.4, -0.2) is 32.4 Å². The number of fused-ring (bicyclic) bond motifs is 1. The first kappa shape index (κ1) is 9.53. The third kappa shape index (κ3) is 1.77. The highest BCUT2D eigenvalue weighted by Crippen LogP contribution is 2.08. The topological polar surface area (TPSA) is 92.8 Å². The number of H-pyrrole nitrogens is 1. The molecule has 0 aromatic carbocycles. The summed E-state index contributed by atoms with van der Waals surface area (Å²) in [6.45, 7) is 2.16. The van der Waals surface area contributed by atoms with E-state index in [1.54, 1.807) is 6.92 Å². The number of carbonyl (C=O) groups excluding carboxylic acids is 1. The smallest absolute Gasteiger partial charge is 0.295 e. The molecule has 2 N–H and O–H groups in total. The normalized spacial score (nSPS) is 10.5. The van der Waals surface area contributed by atoms with E-state index in [-0.39, 0.29) is 5.69 Å². The van der Waals surface area contributed by atoms with Crippen molar-refractivity contribution in [2.45, 2.75) is 6.92 Å². The van der Waals surface area contributed by atoms with Crippen LogP contribution in [0.5, 0.6) is 0 Å². The lowest BCUT2D eigenvalue weighted by Crippen LogP contribution is -2.24. The Balaban J connectivity index is 2.34. The minimum absolute atomic E-state index is 0.214. The predicted octanol–water partition coefficient (Wildman–Crippen LogP) is 0.0342. The molecule has 0 atom stereocenters. The van der Waals surface area contributed by atoms with Crippen molar-refractivity contribution in [3.63, 3.8) is 0 Å². The van der Waals surface area contributed by atoms with Crippen LogP contribution in [0.2, 0.25) is 0 Å². The second kappa shape index (κ2) is 4.01. The molecule has 7 heteroatoms. The maximum atomic E-state index is 11.5. The molecule has 2 rings (SSSR count). The van der Waals surface area contributed by atoms with Gasteiger partial charge >= 0.3 is 0 Å². The quantitative estimate of drug-likeness (QED) is 0.693. The van der Waals surface area contributed by atoms with E-state index in [2.05, 4.69) is 25.4 Å². The van der Waals surface area contributed by atoms with Gasteiger partial charge in [0.2, 0.25) is 0 Å². The number of hydrogen-bond donors (Lipinski definition) is 2. The van der Waals surface area contributed by atoms with Gasteiger partial charge in [0.25, 0.3) is 5.91 Å². The number of hydroxylamine groups is 1. The molecule has 2 heterocycles. The fraction of sp³-hybridized carbons (Fsp3) is 0.250. The summed E-state index contributed by atoms with van der Waals surface area (Å²) in [7, 11) is 0. The second-order valence-electron chi connectivity index (χ2n) is 2.69. The van der Waals surface area contributed by atoms with E-state index >= 15 is 0 Å². The lowest BCUT2D eigenvalue weighted by molar-refractivity contribution is 0.0361. The molecule has 0 bridgehead atoms. The molecule has 0 aliphatic rings. The maximum absolute atomic E-state index is 11.5. The highest BCUT2D eigenvalue weighted by atomic mass is 16.6. The van der Waals surface area contributed by atoms with Crippen molar-refractivity contribution in [3.8, 4) is 0 Å². The van der Waals surface area contributed by atoms with Crippen molar-refractivity contribution in [2.75, 3.05) is 6.61 Å². The Morgan fingerprint density at radius 1 is 1.53 bits per heavy atom. The minimum Gasteiger partial charge on any atom is -0.341 e. The number of carbonyl (C=O) groups is 1. The van der Waals surface area contributed by atoms with Gasteiger partial charge in [-0.3, -0.25) is 9.63 Å². The lowest BCUT2D eigenvalue weighted by Gasteiger charge is -2.02. The monoisotopic (exact) mass is 207 g/mol. The summed E-state index contributed by atoms with van der Waals surface area (Å²) in [6, 6.07) is 0. The first-order chi connectivity index (χ1) is 7.33. The van der Waals surface area contributed by atoms with Crippen molar-refractivity contribution < 1.29 is 9.63 Å². The van der Waals surface area contributed by atoms with E-state index in [0.29, 0.717) is 17.8 Å². The van der Waals surface area contributed by atoms with Gasteiger partial charge in [0.05, 0.1) is 12.9 Å². The van der Waals surface area contributed by atoms with Gasteiger partial charge in [0, 0.05) is 0 Å². The third-order valence-corrected chi connectivity index (χ3v) is 1.75. The Bertz CT molecular complexity index is 481. The zero-order valence-corrected chi connectivity index (χ0v) is 8.02. The summed E-state index contributed by atoms with van der Waals surface area (Å²) >= 11 is 0. The van der Waals surface area contributed by atoms with E-state index in [4.69, 9.17) is 4.84 Å². The molecule has 0 fully saturated rings. The van der Waals surface area contributed by atoms with Crippen LogP contribution in [0, 0.1) is 0 Å². The SMILES string of the molecule is CCONC(=O)c1ncnc2nc[nH]c12. The number of nitrogens with one attached hydrogen (secondary N) is 2. The molecule has 2 aromatic heterocycles. The van der Waals surface area contributed by atoms with Crippen molar-refractivity contribution in [1.29, 1.82) is 0 Å². The van der Waals surface area contributed by atoms with Crippen molar-refractivity contribution in [3.05, 3.63) is 18.3 Å². The Labute approximate surface area is 84.9 Å². The highest BCUT2D eigenvalue weighted by Gasteiger charge is 2.13. The average Bonchev–Trinajstić information content (AvgIpc) is 2.73. The average molecular weight is 207 g/mol. The molecule has 0 spiro atoms. The zero-order chi connectivity index (χ0) is 10.7. The van der Waals surface area contributed by atoms with Crippen molar-refractivity contribution in [2.24, 2.45) is 0 Å². The second-order valence-corrected chi connectivity index (χ2v) is 2.69. The standard InChI is InChI=1S/C8H9N5O2/c1-2-15-13-8(14)6-5-7(11-3-9-5)12-4-10-6/h3-4H,2H2,1H3,(H,13,14)(H,9,10,11,12). The molecule has 0 saturated carbocycles. The lowest BCUT2D eigenvalue weighted by atomic mass is 10.3. The highest BCUT2D eigenvalue weighted by molar-refractivity contribution is 6.01. The molecule has 7 nitrogen and oxygen atoms in total. The molecule has 0 saturated heterocycles. The van der Waals surface area contributed by atoms with E-state index in [0.717, 1.165) is 0 Å². The molecule has 15 heavy (non-hydrogen) atoms. The maximum Gasteiger partial charge on any atom is 0.295 e. The van der Waals surface area contributed by atoms with Crippen LogP contribution >= 0.6 is 0 Å². The summed E-state index contributed by atoms with van der Waals surface area (Å²) in [5.74, 6) is -0.423. The Morgan fingerprint density at radius 2 is 2.40 bits per heavy atom. The van der Waals surface area contributed by atoms with Gasteiger partial charge in [0.15, 0.2) is 11.3 Å². The van der Waals surface area contributed by atoms with Gasteiger partial charge in [0.1, 0.15) is 11.8 Å². The molecular weight excluding hydrogens is 198 g/mol. The third-order valence-electron chi connectivity index (χ3n) is 1.75. The molecule has 0 radical (unpaired) electrons. The number of amides is 1. The van der Waals surface area contributed by atoms with E-state index in [1.807, 2.05) is 0 Å². The molecule has 78 valence electrons. The fourth-order valence-corrected chi connectivity index (χ4v) is 1.12. The van der Waals surface area contributed by atoms with Crippen LogP contribution in [-0.2, 0) is 4.84 Å². The first-order valence-corrected chi connectivity index (χ1v) is 4.39. The van der Waals surface area contributed by atoms with E-state index in [1.165, 1.54) is 12.7 Å². The molecule has 0 unspecified atom stereocenters. The van der Waals surface area contributed by atoms with Gasteiger partial charge < -0.3 is 4.98 Å².